The lowest BCUT2D eigenvalue weighted by molar-refractivity contribution is 0.303. The molecule has 0 aliphatic heterocycles. The van der Waals surface area contributed by atoms with Gasteiger partial charge in [0.2, 0.25) is 0 Å². The quantitative estimate of drug-likeness (QED) is 0.782. The summed E-state index contributed by atoms with van der Waals surface area (Å²) >= 11 is 0. The molecule has 1 aromatic heterocycles. The van der Waals surface area contributed by atoms with Gasteiger partial charge < -0.3 is 10.5 Å². The van der Waals surface area contributed by atoms with Gasteiger partial charge in [-0.05, 0) is 23.8 Å². The van der Waals surface area contributed by atoms with Crippen molar-refractivity contribution in [2.24, 2.45) is 5.73 Å². The molecule has 0 aliphatic rings. The van der Waals surface area contributed by atoms with E-state index in [0.29, 0.717) is 13.2 Å². The van der Waals surface area contributed by atoms with Crippen LogP contribution in [0.15, 0.2) is 48.8 Å². The molecule has 3 aromatic rings. The zero-order chi connectivity index (χ0) is 14.7. The van der Waals surface area contributed by atoms with Crippen molar-refractivity contribution in [2.45, 2.75) is 26.6 Å². The lowest BCUT2D eigenvalue weighted by Crippen LogP contribution is -2.03. The Morgan fingerprint density at radius 2 is 2.05 bits per heavy atom. The van der Waals surface area contributed by atoms with Crippen LogP contribution in [0.3, 0.4) is 0 Å². The van der Waals surface area contributed by atoms with E-state index in [9.17, 15) is 0 Å². The van der Waals surface area contributed by atoms with Crippen LogP contribution in [0.1, 0.15) is 18.1 Å². The lowest BCUT2D eigenvalue weighted by atomic mass is 10.0. The molecule has 3 rings (SSSR count). The van der Waals surface area contributed by atoms with E-state index in [1.807, 2.05) is 35.3 Å². The molecule has 2 N–H and O–H groups in total. The Hall–Kier alpha value is -2.33. The summed E-state index contributed by atoms with van der Waals surface area (Å²) in [5.41, 5.74) is 8.03. The van der Waals surface area contributed by atoms with Crippen molar-refractivity contribution in [2.75, 3.05) is 0 Å². The predicted molar refractivity (Wildman–Crippen MR) is 84.1 cm³/mol. The third-order valence-corrected chi connectivity index (χ3v) is 3.61. The van der Waals surface area contributed by atoms with Gasteiger partial charge >= 0.3 is 0 Å². The molecule has 4 nitrogen and oxygen atoms in total. The SMILES string of the molecule is CCn1cc(COc2ccc3ccccc3c2CN)cn1. The Balaban J connectivity index is 1.86. The van der Waals surface area contributed by atoms with Gasteiger partial charge in [-0.25, -0.2) is 0 Å². The monoisotopic (exact) mass is 281 g/mol. The minimum atomic E-state index is 0.463. The topological polar surface area (TPSA) is 53.1 Å². The molecule has 0 amide bonds. The number of aromatic nitrogens is 2. The Morgan fingerprint density at radius 1 is 1.19 bits per heavy atom. The molecule has 0 saturated carbocycles. The lowest BCUT2D eigenvalue weighted by Gasteiger charge is -2.12. The van der Waals surface area contributed by atoms with E-state index in [0.717, 1.165) is 28.8 Å². The van der Waals surface area contributed by atoms with Gasteiger partial charge in [0.05, 0.1) is 6.20 Å². The standard InChI is InChI=1S/C17H19N3O/c1-2-20-11-13(10-19-20)12-21-17-8-7-14-5-3-4-6-15(14)16(17)9-18/h3-8,10-11H,2,9,12,18H2,1H3. The molecule has 2 aromatic carbocycles. The molecule has 0 bridgehead atoms. The number of hydrogen-bond acceptors (Lipinski definition) is 3. The van der Waals surface area contributed by atoms with Gasteiger partial charge in [0.15, 0.2) is 0 Å². The first kappa shape index (κ1) is 13.6. The molecule has 0 radical (unpaired) electrons. The maximum atomic E-state index is 5.95. The molecule has 0 spiro atoms. The minimum Gasteiger partial charge on any atom is -0.488 e. The molecule has 1 heterocycles. The highest BCUT2D eigenvalue weighted by Gasteiger charge is 2.08. The Labute approximate surface area is 124 Å². The first-order valence-corrected chi connectivity index (χ1v) is 7.16. The number of hydrogen-bond donors (Lipinski definition) is 1. The van der Waals surface area contributed by atoms with E-state index in [-0.39, 0.29) is 0 Å². The minimum absolute atomic E-state index is 0.463. The second-order valence-electron chi connectivity index (χ2n) is 4.96. The number of ether oxygens (including phenoxy) is 1. The Kier molecular flexibility index (Phi) is 3.88. The number of nitrogens with zero attached hydrogens (tertiary/aromatic N) is 2. The van der Waals surface area contributed by atoms with E-state index in [1.165, 1.54) is 5.39 Å². The van der Waals surface area contributed by atoms with Gasteiger partial charge in [0, 0.05) is 30.4 Å². The summed E-state index contributed by atoms with van der Waals surface area (Å²) in [7, 11) is 0. The van der Waals surface area contributed by atoms with Crippen LogP contribution in [0.5, 0.6) is 5.75 Å². The first-order valence-electron chi connectivity index (χ1n) is 7.16. The summed E-state index contributed by atoms with van der Waals surface area (Å²) in [6, 6.07) is 12.3. The van der Waals surface area contributed by atoms with Crippen LogP contribution in [0.4, 0.5) is 0 Å². The van der Waals surface area contributed by atoms with E-state index in [1.54, 1.807) is 0 Å². The van der Waals surface area contributed by atoms with Gasteiger partial charge in [0.25, 0.3) is 0 Å². The van der Waals surface area contributed by atoms with Crippen molar-refractivity contribution in [1.29, 1.82) is 0 Å². The normalized spacial score (nSPS) is 11.0. The van der Waals surface area contributed by atoms with Crippen LogP contribution < -0.4 is 10.5 Å². The molecule has 4 heteroatoms. The summed E-state index contributed by atoms with van der Waals surface area (Å²) < 4.78 is 7.84. The fourth-order valence-corrected chi connectivity index (χ4v) is 2.48. The third-order valence-electron chi connectivity index (χ3n) is 3.61. The molecule has 0 atom stereocenters. The summed E-state index contributed by atoms with van der Waals surface area (Å²) in [5.74, 6) is 0.848. The van der Waals surface area contributed by atoms with Crippen LogP contribution >= 0.6 is 0 Å². The van der Waals surface area contributed by atoms with Crippen molar-refractivity contribution in [3.63, 3.8) is 0 Å². The summed E-state index contributed by atoms with van der Waals surface area (Å²) in [5, 5.41) is 6.59. The van der Waals surface area contributed by atoms with Crippen LogP contribution in [0.25, 0.3) is 10.8 Å². The fraction of sp³-hybridized carbons (Fsp3) is 0.235. The van der Waals surface area contributed by atoms with Gasteiger partial charge in [-0.2, -0.15) is 5.10 Å². The largest absolute Gasteiger partial charge is 0.488 e. The number of benzene rings is 2. The van der Waals surface area contributed by atoms with Gasteiger partial charge in [-0.1, -0.05) is 30.3 Å². The molecule has 108 valence electrons. The summed E-state index contributed by atoms with van der Waals surface area (Å²) in [6.45, 7) is 3.90. The maximum absolute atomic E-state index is 5.95. The van der Waals surface area contributed by atoms with Gasteiger partial charge in [-0.3, -0.25) is 4.68 Å². The number of nitrogens with two attached hydrogens (primary N) is 1. The smallest absolute Gasteiger partial charge is 0.124 e. The van der Waals surface area contributed by atoms with Crippen molar-refractivity contribution in [1.82, 2.24) is 9.78 Å². The first-order chi connectivity index (χ1) is 10.3. The van der Waals surface area contributed by atoms with Gasteiger partial charge in [-0.15, -0.1) is 0 Å². The highest BCUT2D eigenvalue weighted by atomic mass is 16.5. The molecular formula is C17H19N3O. The average Bonchev–Trinajstić information content (AvgIpc) is 3.00. The van der Waals surface area contributed by atoms with E-state index in [2.05, 4.69) is 30.2 Å². The Morgan fingerprint density at radius 3 is 2.81 bits per heavy atom. The number of aryl methyl sites for hydroxylation is 1. The number of rotatable bonds is 5. The van der Waals surface area contributed by atoms with E-state index < -0.39 is 0 Å². The molecule has 21 heavy (non-hydrogen) atoms. The fourth-order valence-electron chi connectivity index (χ4n) is 2.48. The van der Waals surface area contributed by atoms with Crippen molar-refractivity contribution >= 4 is 10.8 Å². The average molecular weight is 281 g/mol. The second-order valence-corrected chi connectivity index (χ2v) is 4.96. The van der Waals surface area contributed by atoms with E-state index >= 15 is 0 Å². The van der Waals surface area contributed by atoms with Gasteiger partial charge in [0.1, 0.15) is 12.4 Å². The zero-order valence-corrected chi connectivity index (χ0v) is 12.1. The zero-order valence-electron chi connectivity index (χ0n) is 12.1. The summed E-state index contributed by atoms with van der Waals surface area (Å²) in [4.78, 5) is 0. The number of fused-ring (bicyclic) bond motifs is 1. The van der Waals surface area contributed by atoms with Crippen molar-refractivity contribution in [3.05, 3.63) is 59.9 Å². The van der Waals surface area contributed by atoms with Crippen LogP contribution in [0, 0.1) is 0 Å². The van der Waals surface area contributed by atoms with Crippen LogP contribution in [-0.4, -0.2) is 9.78 Å². The Bertz CT molecular complexity index is 749. The summed E-state index contributed by atoms with van der Waals surface area (Å²) in [6.07, 6.45) is 3.84. The molecule has 0 saturated heterocycles. The second kappa shape index (κ2) is 5.97. The highest BCUT2D eigenvalue weighted by Crippen LogP contribution is 2.28. The van der Waals surface area contributed by atoms with Crippen LogP contribution in [0.2, 0.25) is 0 Å². The molecule has 0 unspecified atom stereocenters. The molecular weight excluding hydrogens is 262 g/mol. The van der Waals surface area contributed by atoms with Crippen molar-refractivity contribution in [3.8, 4) is 5.75 Å². The molecule has 0 aliphatic carbocycles. The highest BCUT2D eigenvalue weighted by molar-refractivity contribution is 5.87. The van der Waals surface area contributed by atoms with Crippen LogP contribution in [-0.2, 0) is 19.7 Å². The third kappa shape index (κ3) is 2.76. The molecule has 0 fully saturated rings. The van der Waals surface area contributed by atoms with Crippen molar-refractivity contribution < 1.29 is 4.74 Å². The maximum Gasteiger partial charge on any atom is 0.124 e. The predicted octanol–water partition coefficient (Wildman–Crippen LogP) is 3.09. The van der Waals surface area contributed by atoms with E-state index in [4.69, 9.17) is 10.5 Å².